The quantitative estimate of drug-likeness (QED) is 0.0167. The molecule has 1 amide bonds. The zero-order valence-electron chi connectivity index (χ0n) is 46.7. The summed E-state index contributed by atoms with van der Waals surface area (Å²) in [6.45, 7) is 33.1. The van der Waals surface area contributed by atoms with Crippen molar-refractivity contribution in [2.45, 2.75) is 169 Å². The van der Waals surface area contributed by atoms with Crippen LogP contribution in [0, 0.1) is 0 Å². The number of carbonyl (C=O) groups is 5. The number of hydrogen-bond acceptors (Lipinski definition) is 18. The Morgan fingerprint density at radius 2 is 1.07 bits per heavy atom. The Morgan fingerprint density at radius 1 is 0.676 bits per heavy atom. The van der Waals surface area contributed by atoms with Crippen molar-refractivity contribution in [3.8, 4) is 0 Å². The van der Waals surface area contributed by atoms with Gasteiger partial charge < -0.3 is 48.2 Å². The van der Waals surface area contributed by atoms with E-state index >= 15 is 0 Å². The number of esters is 2. The van der Waals surface area contributed by atoms with E-state index in [9.17, 15) is 19.2 Å². The van der Waals surface area contributed by atoms with Crippen molar-refractivity contribution in [2.24, 2.45) is 0 Å². The number of halogens is 1. The first-order valence-corrected chi connectivity index (χ1v) is 30.2. The van der Waals surface area contributed by atoms with Crippen molar-refractivity contribution in [3.63, 3.8) is 0 Å². The molecule has 0 aliphatic rings. The van der Waals surface area contributed by atoms with E-state index in [-0.39, 0.29) is 96.0 Å². The van der Waals surface area contributed by atoms with Crippen LogP contribution in [0.4, 0.5) is 9.59 Å². The van der Waals surface area contributed by atoms with Crippen LogP contribution >= 0.6 is 11.6 Å². The summed E-state index contributed by atoms with van der Waals surface area (Å²) in [6.07, 6.45) is 4.54. The summed E-state index contributed by atoms with van der Waals surface area (Å²) in [5.74, 6) is -0.478. The molecule has 19 nitrogen and oxygen atoms in total. The van der Waals surface area contributed by atoms with Crippen molar-refractivity contribution >= 4 is 70.5 Å². The zero-order chi connectivity index (χ0) is 56.9. The number of benzene rings is 2. The summed E-state index contributed by atoms with van der Waals surface area (Å²) < 4.78 is 33.0. The normalized spacial score (nSPS) is 11.2. The molecule has 0 saturated carbocycles. The van der Waals surface area contributed by atoms with E-state index in [0.29, 0.717) is 39.4 Å². The molecule has 0 radical (unpaired) electrons. The minimum atomic E-state index is -2.05. The molecule has 2 unspecified atom stereocenters. The fraction of sp³-hybridized carbons (Fsp3) is 0.627. The summed E-state index contributed by atoms with van der Waals surface area (Å²) in [4.78, 5) is 92.6. The van der Waals surface area contributed by atoms with Gasteiger partial charge in [-0.1, -0.05) is 129 Å². The largest absolute Gasteiger partial charge is 1.00 e. The van der Waals surface area contributed by atoms with E-state index in [2.05, 4.69) is 96.5 Å². The average Bonchev–Trinajstić information content (AvgIpc) is 3.32. The summed E-state index contributed by atoms with van der Waals surface area (Å²) in [7, 11) is -3.83. The molecule has 74 heavy (non-hydrogen) atoms. The van der Waals surface area contributed by atoms with Crippen LogP contribution < -0.4 is 40.1 Å². The first kappa shape index (κ1) is 78.8. The van der Waals surface area contributed by atoms with Crippen molar-refractivity contribution in [3.05, 3.63) is 71.8 Å². The van der Waals surface area contributed by atoms with Gasteiger partial charge in [-0.25, -0.2) is 9.59 Å². The molecule has 2 aromatic carbocycles. The summed E-state index contributed by atoms with van der Waals surface area (Å²) in [6, 6.07) is 18.6. The maximum atomic E-state index is 13.0. The van der Waals surface area contributed by atoms with E-state index in [0.717, 1.165) is 43.4 Å². The molecule has 1 N–H and O–H groups in total. The number of nitrogens with one attached hydrogen (secondary N) is 1. The molecular formula is C51H84ClN2NaO17Si2. The molecule has 0 fully saturated rings. The Labute approximate surface area is 469 Å². The standard InChI is InChI=1S/C24H41NO5Si.C16H35NO3Si.C8H7ClO2.CH2O3.2CO2.Na/c1-8-10-16-25(23(27)29-18-20-14-12-11-13-15-20)21(17-22(26)28-9-2)19-30-31(6,7)24(3,4)5;1-8-10-11-17-14(12-15(18)19-9-2)13-20-21(6,7)16(3,4)5;9-8(10)11-6-7-4-2-1-3-5-7;2-1-4-3;2*2-1-3;/h11-15,21H,8-10,16-19H2,1-7H3;14,17H,8-13H2,1-7H3;1-5H,6H2;1,3H;;;/q;;;;;;+1/p-1. The van der Waals surface area contributed by atoms with Gasteiger partial charge in [-0.2, -0.15) is 19.2 Å². The van der Waals surface area contributed by atoms with E-state index in [4.69, 9.17) is 63.9 Å². The Morgan fingerprint density at radius 3 is 1.43 bits per heavy atom. The maximum Gasteiger partial charge on any atom is 1.00 e. The average molecular weight is 1110 g/mol. The third-order valence-corrected chi connectivity index (χ3v) is 20.3. The Kier molecular flexibility index (Phi) is 50.4. The summed E-state index contributed by atoms with van der Waals surface area (Å²) in [5.41, 5.74) is 1.08. The number of hydrogen-bond donors (Lipinski definition) is 1. The minimum absolute atomic E-state index is 0. The molecule has 2 rings (SSSR count). The van der Waals surface area contributed by atoms with Crippen LogP contribution in [0.25, 0.3) is 0 Å². The van der Waals surface area contributed by atoms with Crippen molar-refractivity contribution < 1.29 is 111 Å². The van der Waals surface area contributed by atoms with Crippen molar-refractivity contribution in [2.75, 3.05) is 39.5 Å². The predicted octanol–water partition coefficient (Wildman–Crippen LogP) is 6.32. The van der Waals surface area contributed by atoms with Crippen molar-refractivity contribution in [1.82, 2.24) is 10.2 Å². The van der Waals surface area contributed by atoms with E-state index in [1.165, 1.54) is 0 Å². The molecule has 0 aliphatic carbocycles. The van der Waals surface area contributed by atoms with Crippen LogP contribution in [0.2, 0.25) is 36.3 Å². The first-order valence-electron chi connectivity index (χ1n) is 24.1. The molecule has 2 atom stereocenters. The van der Waals surface area contributed by atoms with E-state index in [1.807, 2.05) is 67.6 Å². The van der Waals surface area contributed by atoms with Crippen molar-refractivity contribution in [1.29, 1.82) is 0 Å². The van der Waals surface area contributed by atoms with Gasteiger partial charge in [0, 0.05) is 30.8 Å². The number of carbonyl (C=O) groups excluding carboxylic acids is 9. The second kappa shape index (κ2) is 47.4. The number of rotatable bonds is 25. The second-order valence-electron chi connectivity index (χ2n) is 18.8. The third-order valence-electron chi connectivity index (χ3n) is 11.2. The van der Waals surface area contributed by atoms with Gasteiger partial charge in [0.2, 0.25) is 0 Å². The fourth-order valence-electron chi connectivity index (χ4n) is 5.08. The van der Waals surface area contributed by atoms with Gasteiger partial charge >= 0.3 is 65.3 Å². The number of ether oxygens (including phenoxy) is 4. The Bertz CT molecular complexity index is 1810. The van der Waals surface area contributed by atoms with E-state index < -0.39 is 34.2 Å². The van der Waals surface area contributed by atoms with Crippen LogP contribution in [-0.4, -0.2) is 115 Å². The molecule has 0 heterocycles. The number of unbranched alkanes of at least 4 members (excludes halogenated alkanes) is 2. The number of nitrogens with zero attached hydrogens (tertiary/aromatic N) is 1. The molecule has 0 saturated heterocycles. The summed E-state index contributed by atoms with van der Waals surface area (Å²) >= 11 is 4.97. The SMILES string of the molecule is CCCCN(C(=O)OCc1ccccc1)C(CO[Si](C)(C)C(C)(C)C)CC(=O)OCC.CCCCNC(CO[Si](C)(C)C(C)(C)C)CC(=O)OCC.O=C(Cl)OCc1ccccc1.O=C=O.O=C=O.O=CO[O-].[Na+]. The number of amides is 1. The van der Waals surface area contributed by atoms with Gasteiger partial charge in [0.15, 0.2) is 16.6 Å². The smallest absolute Gasteiger partial charge is 0.662 e. The van der Waals surface area contributed by atoms with Gasteiger partial charge in [-0.15, -0.1) is 0 Å². The second-order valence-corrected chi connectivity index (χ2v) is 28.7. The van der Waals surface area contributed by atoms with Crippen LogP contribution in [0.15, 0.2) is 60.7 Å². The molecular weight excluding hydrogens is 1030 g/mol. The van der Waals surface area contributed by atoms with E-state index in [1.54, 1.807) is 11.8 Å². The topological polar surface area (TPSA) is 257 Å². The molecule has 23 heteroatoms. The third kappa shape index (κ3) is 43.2. The minimum Gasteiger partial charge on any atom is -0.662 e. The maximum absolute atomic E-state index is 13.0. The van der Waals surface area contributed by atoms with Crippen LogP contribution in [-0.2, 0) is 79.5 Å². The molecule has 0 spiro atoms. The molecule has 416 valence electrons. The van der Waals surface area contributed by atoms with Crippen LogP contribution in [0.1, 0.15) is 119 Å². The Hall–Kier alpha value is -4.09. The summed E-state index contributed by atoms with van der Waals surface area (Å²) in [5, 5.41) is 12.1. The zero-order valence-corrected chi connectivity index (χ0v) is 51.4. The van der Waals surface area contributed by atoms with Crippen LogP contribution in [0.5, 0.6) is 0 Å². The van der Waals surface area contributed by atoms with Gasteiger partial charge in [-0.05, 0) is 80.6 Å². The molecule has 0 aliphatic heterocycles. The van der Waals surface area contributed by atoms with Crippen LogP contribution in [0.3, 0.4) is 0 Å². The molecule has 0 aromatic heterocycles. The Balaban J connectivity index is -0.000000316. The first-order chi connectivity index (χ1) is 34.2. The molecule has 2 aromatic rings. The van der Waals surface area contributed by atoms with Gasteiger partial charge in [0.1, 0.15) is 13.2 Å². The molecule has 0 bridgehead atoms. The van der Waals surface area contributed by atoms with Gasteiger partial charge in [0.25, 0.3) is 6.47 Å². The fourth-order valence-corrected chi connectivity index (χ4v) is 7.23. The predicted molar refractivity (Wildman–Crippen MR) is 277 cm³/mol. The monoisotopic (exact) mass is 1110 g/mol. The van der Waals surface area contributed by atoms with Gasteiger partial charge in [0.05, 0.1) is 38.7 Å². The van der Waals surface area contributed by atoms with Gasteiger partial charge in [-0.3, -0.25) is 14.4 Å².